The summed E-state index contributed by atoms with van der Waals surface area (Å²) < 4.78 is 98.8. The van der Waals surface area contributed by atoms with Crippen molar-refractivity contribution in [2.45, 2.75) is 18.8 Å². The Balaban J connectivity index is 4.71. The third kappa shape index (κ3) is 5.82. The maximum atomic E-state index is 11.8. The van der Waals surface area contributed by atoms with E-state index in [1.54, 1.807) is 0 Å². The topological polar surface area (TPSA) is 54.4 Å². The lowest BCUT2D eigenvalue weighted by Crippen LogP contribution is -2.37. The fourth-order valence-corrected chi connectivity index (χ4v) is 1.31. The Hall–Kier alpha value is -0.510. The molecule has 0 bridgehead atoms. The zero-order valence-corrected chi connectivity index (χ0v) is 7.75. The lowest BCUT2D eigenvalue weighted by molar-refractivity contribution is -0.284. The Labute approximate surface area is 80.8 Å². The highest BCUT2D eigenvalue weighted by Gasteiger charge is 2.56. The van der Waals surface area contributed by atoms with Crippen molar-refractivity contribution in [1.82, 2.24) is 0 Å². The van der Waals surface area contributed by atoms with E-state index in [9.17, 15) is 34.8 Å². The minimum atomic E-state index is -5.58. The van der Waals surface area contributed by atoms with Crippen LogP contribution >= 0.6 is 0 Å². The van der Waals surface area contributed by atoms with E-state index in [2.05, 4.69) is 0 Å². The second-order valence-corrected chi connectivity index (χ2v) is 4.28. The molecule has 0 saturated heterocycles. The molecular formula is C5H6F6O3S. The highest BCUT2D eigenvalue weighted by Crippen LogP contribution is 2.41. The molecule has 0 heterocycles. The Morgan fingerprint density at radius 1 is 1.00 bits per heavy atom. The molecule has 0 aliphatic rings. The van der Waals surface area contributed by atoms with E-state index in [0.717, 1.165) is 0 Å². The van der Waals surface area contributed by atoms with Crippen LogP contribution in [-0.2, 0) is 10.1 Å². The van der Waals surface area contributed by atoms with Crippen LogP contribution in [-0.4, -0.2) is 31.1 Å². The first kappa shape index (κ1) is 14.5. The molecular weight excluding hydrogens is 254 g/mol. The molecule has 92 valence electrons. The number of rotatable bonds is 3. The van der Waals surface area contributed by atoms with Crippen LogP contribution in [0.5, 0.6) is 0 Å². The maximum absolute atomic E-state index is 11.8. The molecule has 0 aliphatic heterocycles. The van der Waals surface area contributed by atoms with Crippen LogP contribution < -0.4 is 0 Å². The number of halogens is 6. The molecule has 0 aromatic rings. The number of alkyl halides is 6. The number of hydrogen-bond acceptors (Lipinski definition) is 2. The zero-order valence-electron chi connectivity index (χ0n) is 6.93. The van der Waals surface area contributed by atoms with E-state index in [1.807, 2.05) is 0 Å². The van der Waals surface area contributed by atoms with Crippen molar-refractivity contribution in [3.63, 3.8) is 0 Å². The fraction of sp³-hybridized carbons (Fsp3) is 1.00. The van der Waals surface area contributed by atoms with Gasteiger partial charge >= 0.3 is 12.4 Å². The van der Waals surface area contributed by atoms with Gasteiger partial charge in [-0.1, -0.05) is 0 Å². The molecule has 1 N–H and O–H groups in total. The first-order chi connectivity index (χ1) is 6.34. The average molecular weight is 260 g/mol. The standard InChI is InChI=1S/C5H6F6O3S/c6-4(7,8)3(5(9,10)11)1-2-15(12,13)14/h3H,1-2H2,(H,12,13,14). The van der Waals surface area contributed by atoms with Crippen LogP contribution in [0.3, 0.4) is 0 Å². The lowest BCUT2D eigenvalue weighted by Gasteiger charge is -2.22. The SMILES string of the molecule is O=S(=O)(O)CCC(C(F)(F)F)C(F)(F)F. The zero-order chi connectivity index (χ0) is 12.5. The summed E-state index contributed by atoms with van der Waals surface area (Å²) in [7, 11) is -4.84. The van der Waals surface area contributed by atoms with Crippen LogP contribution in [0.4, 0.5) is 26.3 Å². The smallest absolute Gasteiger partial charge is 0.286 e. The first-order valence-electron chi connectivity index (χ1n) is 3.42. The quantitative estimate of drug-likeness (QED) is 0.623. The normalized spacial score (nSPS) is 14.7. The van der Waals surface area contributed by atoms with Gasteiger partial charge < -0.3 is 0 Å². The van der Waals surface area contributed by atoms with Gasteiger partial charge in [0.15, 0.2) is 5.92 Å². The first-order valence-corrected chi connectivity index (χ1v) is 5.03. The van der Waals surface area contributed by atoms with Crippen LogP contribution in [0.1, 0.15) is 6.42 Å². The molecule has 0 unspecified atom stereocenters. The molecule has 3 nitrogen and oxygen atoms in total. The maximum Gasteiger partial charge on any atom is 0.400 e. The predicted molar refractivity (Wildman–Crippen MR) is 36.6 cm³/mol. The van der Waals surface area contributed by atoms with Crippen LogP contribution in [0.2, 0.25) is 0 Å². The largest absolute Gasteiger partial charge is 0.400 e. The predicted octanol–water partition coefficient (Wildman–Crippen LogP) is 2.01. The Bertz CT molecular complexity index is 288. The average Bonchev–Trinajstić information content (AvgIpc) is 1.75. The molecule has 0 aliphatic carbocycles. The monoisotopic (exact) mass is 260 g/mol. The Morgan fingerprint density at radius 3 is 1.53 bits per heavy atom. The van der Waals surface area contributed by atoms with E-state index in [1.165, 1.54) is 0 Å². The van der Waals surface area contributed by atoms with Gasteiger partial charge in [-0.25, -0.2) is 0 Å². The fourth-order valence-electron chi connectivity index (χ4n) is 0.780. The second-order valence-electron chi connectivity index (χ2n) is 2.71. The third-order valence-electron chi connectivity index (χ3n) is 1.45. The van der Waals surface area contributed by atoms with Crippen molar-refractivity contribution in [2.24, 2.45) is 5.92 Å². The van der Waals surface area contributed by atoms with Gasteiger partial charge in [0.1, 0.15) is 0 Å². The van der Waals surface area contributed by atoms with Gasteiger partial charge in [0.2, 0.25) is 0 Å². The summed E-state index contributed by atoms with van der Waals surface area (Å²) in [5, 5.41) is 0. The molecule has 0 saturated carbocycles. The molecule has 15 heavy (non-hydrogen) atoms. The van der Waals surface area contributed by atoms with Crippen LogP contribution in [0.15, 0.2) is 0 Å². The summed E-state index contributed by atoms with van der Waals surface area (Å²) in [5.41, 5.74) is 0. The summed E-state index contributed by atoms with van der Waals surface area (Å²) in [4.78, 5) is 0. The van der Waals surface area contributed by atoms with Gasteiger partial charge in [-0.3, -0.25) is 4.55 Å². The van der Waals surface area contributed by atoms with E-state index >= 15 is 0 Å². The number of hydrogen-bond donors (Lipinski definition) is 1. The van der Waals surface area contributed by atoms with Crippen molar-refractivity contribution in [3.8, 4) is 0 Å². The molecule has 0 aromatic carbocycles. The van der Waals surface area contributed by atoms with Crippen molar-refractivity contribution in [3.05, 3.63) is 0 Å². The van der Waals surface area contributed by atoms with E-state index in [4.69, 9.17) is 4.55 Å². The summed E-state index contributed by atoms with van der Waals surface area (Å²) >= 11 is 0. The highest BCUT2D eigenvalue weighted by atomic mass is 32.2. The molecule has 0 aromatic heterocycles. The molecule has 0 rings (SSSR count). The van der Waals surface area contributed by atoms with E-state index in [0.29, 0.717) is 0 Å². The second kappa shape index (κ2) is 4.16. The van der Waals surface area contributed by atoms with Crippen LogP contribution in [0.25, 0.3) is 0 Å². The molecule has 10 heteroatoms. The molecule has 0 amide bonds. The summed E-state index contributed by atoms with van der Waals surface area (Å²) in [5.74, 6) is -5.33. The molecule has 0 fully saturated rings. The summed E-state index contributed by atoms with van der Waals surface area (Å²) in [6.45, 7) is 0. The molecule has 0 radical (unpaired) electrons. The minimum Gasteiger partial charge on any atom is -0.286 e. The van der Waals surface area contributed by atoms with Gasteiger partial charge in [0, 0.05) is 0 Å². The van der Waals surface area contributed by atoms with Gasteiger partial charge in [0.25, 0.3) is 10.1 Å². The van der Waals surface area contributed by atoms with Crippen LogP contribution in [0, 0.1) is 5.92 Å². The van der Waals surface area contributed by atoms with E-state index < -0.39 is 40.6 Å². The van der Waals surface area contributed by atoms with Gasteiger partial charge in [-0.15, -0.1) is 0 Å². The Morgan fingerprint density at radius 2 is 1.33 bits per heavy atom. The van der Waals surface area contributed by atoms with E-state index in [-0.39, 0.29) is 0 Å². The minimum absolute atomic E-state index is 1.59. The van der Waals surface area contributed by atoms with Crippen molar-refractivity contribution < 1.29 is 39.3 Å². The van der Waals surface area contributed by atoms with Gasteiger partial charge in [0.05, 0.1) is 5.75 Å². The van der Waals surface area contributed by atoms with Gasteiger partial charge in [-0.05, 0) is 6.42 Å². The van der Waals surface area contributed by atoms with Crippen molar-refractivity contribution in [1.29, 1.82) is 0 Å². The Kier molecular flexibility index (Phi) is 4.02. The summed E-state index contributed by atoms with van der Waals surface area (Å²) in [6.07, 6.45) is -12.9. The third-order valence-corrected chi connectivity index (χ3v) is 2.21. The van der Waals surface area contributed by atoms with Crippen molar-refractivity contribution in [2.75, 3.05) is 5.75 Å². The van der Waals surface area contributed by atoms with Gasteiger partial charge in [-0.2, -0.15) is 34.8 Å². The van der Waals surface area contributed by atoms with Crippen molar-refractivity contribution >= 4 is 10.1 Å². The molecule has 0 atom stereocenters. The molecule has 0 spiro atoms. The highest BCUT2D eigenvalue weighted by molar-refractivity contribution is 7.85. The summed E-state index contributed by atoms with van der Waals surface area (Å²) in [6, 6.07) is 0. The lowest BCUT2D eigenvalue weighted by atomic mass is 10.1.